The second-order valence-electron chi connectivity index (χ2n) is 6.69. The number of nitrogens with zero attached hydrogens (tertiary/aromatic N) is 1. The number of halogens is 1. The molecule has 1 fully saturated rings. The third-order valence-electron chi connectivity index (χ3n) is 4.84. The third-order valence-corrected chi connectivity index (χ3v) is 6.37. The van der Waals surface area contributed by atoms with Gasteiger partial charge in [-0.25, -0.2) is 17.5 Å². The van der Waals surface area contributed by atoms with E-state index in [0.717, 1.165) is 18.6 Å². The number of carbonyl (C=O) groups is 1. The number of amides is 1. The minimum atomic E-state index is -3.69. The molecule has 0 atom stereocenters. The molecule has 0 aliphatic carbocycles. The summed E-state index contributed by atoms with van der Waals surface area (Å²) in [4.78, 5) is 14.4. The standard InChI is InChI=1S/C20H23FN2O3S/c1-2-15-3-5-16(6-4-15)20(24)23-13-11-18(12-14-23)22-27(25,26)19-9-7-17(21)8-10-19/h3-10,18,22H,2,11-14H2,1H3. The molecule has 1 saturated heterocycles. The summed E-state index contributed by atoms with van der Waals surface area (Å²) in [5.74, 6) is -0.509. The van der Waals surface area contributed by atoms with Crippen LogP contribution in [0.4, 0.5) is 4.39 Å². The number of carbonyl (C=O) groups excluding carboxylic acids is 1. The van der Waals surface area contributed by atoms with Crippen molar-refractivity contribution in [2.45, 2.75) is 37.1 Å². The van der Waals surface area contributed by atoms with Gasteiger partial charge in [0.25, 0.3) is 5.91 Å². The molecule has 1 aliphatic rings. The molecule has 7 heteroatoms. The summed E-state index contributed by atoms with van der Waals surface area (Å²) in [7, 11) is -3.69. The number of nitrogens with one attached hydrogen (secondary N) is 1. The Balaban J connectivity index is 1.58. The zero-order valence-electron chi connectivity index (χ0n) is 15.2. The van der Waals surface area contributed by atoms with Gasteiger partial charge in [-0.3, -0.25) is 4.79 Å². The van der Waals surface area contributed by atoms with Gasteiger partial charge in [-0.2, -0.15) is 0 Å². The number of aryl methyl sites for hydroxylation is 1. The van der Waals surface area contributed by atoms with Crippen molar-refractivity contribution >= 4 is 15.9 Å². The first-order valence-electron chi connectivity index (χ1n) is 9.05. The summed E-state index contributed by atoms with van der Waals surface area (Å²) < 4.78 is 40.4. The van der Waals surface area contributed by atoms with Crippen LogP contribution >= 0.6 is 0 Å². The topological polar surface area (TPSA) is 66.5 Å². The fourth-order valence-electron chi connectivity index (χ4n) is 3.17. The van der Waals surface area contributed by atoms with Crippen molar-refractivity contribution in [3.8, 4) is 0 Å². The average Bonchev–Trinajstić information content (AvgIpc) is 2.68. The van der Waals surface area contributed by atoms with Crippen molar-refractivity contribution in [3.05, 3.63) is 65.5 Å². The Hall–Kier alpha value is -2.25. The molecule has 2 aromatic carbocycles. The van der Waals surface area contributed by atoms with Crippen LogP contribution in [0.1, 0.15) is 35.7 Å². The number of hydrogen-bond acceptors (Lipinski definition) is 3. The fraction of sp³-hybridized carbons (Fsp3) is 0.350. The number of piperidine rings is 1. The Labute approximate surface area is 159 Å². The SMILES string of the molecule is CCc1ccc(C(=O)N2CCC(NS(=O)(=O)c3ccc(F)cc3)CC2)cc1. The third kappa shape index (κ3) is 4.73. The van der Waals surface area contributed by atoms with Crippen LogP contribution in [0.2, 0.25) is 0 Å². The van der Waals surface area contributed by atoms with E-state index in [1.165, 1.54) is 17.7 Å². The second kappa shape index (κ2) is 8.19. The Morgan fingerprint density at radius 2 is 1.67 bits per heavy atom. The predicted molar refractivity (Wildman–Crippen MR) is 101 cm³/mol. The number of hydrogen-bond donors (Lipinski definition) is 1. The van der Waals surface area contributed by atoms with Crippen LogP contribution in [0, 0.1) is 5.82 Å². The van der Waals surface area contributed by atoms with E-state index in [2.05, 4.69) is 11.6 Å². The largest absolute Gasteiger partial charge is 0.339 e. The van der Waals surface area contributed by atoms with E-state index >= 15 is 0 Å². The molecule has 0 saturated carbocycles. The van der Waals surface area contributed by atoms with E-state index in [1.54, 1.807) is 4.90 Å². The van der Waals surface area contributed by atoms with E-state index in [0.29, 0.717) is 31.5 Å². The van der Waals surface area contributed by atoms with Crippen LogP contribution in [-0.2, 0) is 16.4 Å². The van der Waals surface area contributed by atoms with Gasteiger partial charge in [0, 0.05) is 24.7 Å². The minimum absolute atomic E-state index is 0.0301. The van der Waals surface area contributed by atoms with Crippen LogP contribution in [-0.4, -0.2) is 38.4 Å². The molecule has 27 heavy (non-hydrogen) atoms. The number of benzene rings is 2. The average molecular weight is 390 g/mol. The lowest BCUT2D eigenvalue weighted by Gasteiger charge is -2.32. The number of sulfonamides is 1. The van der Waals surface area contributed by atoms with Crippen LogP contribution in [0.25, 0.3) is 0 Å². The van der Waals surface area contributed by atoms with Gasteiger partial charge in [0.1, 0.15) is 5.82 Å². The van der Waals surface area contributed by atoms with Crippen molar-refractivity contribution in [3.63, 3.8) is 0 Å². The van der Waals surface area contributed by atoms with Crippen molar-refractivity contribution < 1.29 is 17.6 Å². The van der Waals surface area contributed by atoms with Crippen molar-refractivity contribution in [1.29, 1.82) is 0 Å². The maximum atomic E-state index is 13.0. The molecular weight excluding hydrogens is 367 g/mol. The highest BCUT2D eigenvalue weighted by Crippen LogP contribution is 2.18. The van der Waals surface area contributed by atoms with Crippen molar-refractivity contribution in [1.82, 2.24) is 9.62 Å². The summed E-state index contributed by atoms with van der Waals surface area (Å²) in [5, 5.41) is 0. The highest BCUT2D eigenvalue weighted by molar-refractivity contribution is 7.89. The molecule has 0 unspecified atom stereocenters. The first kappa shape index (κ1) is 19.5. The number of rotatable bonds is 5. The molecule has 2 aromatic rings. The lowest BCUT2D eigenvalue weighted by atomic mass is 10.0. The molecule has 5 nitrogen and oxygen atoms in total. The van der Waals surface area contributed by atoms with Crippen LogP contribution in [0.15, 0.2) is 53.4 Å². The monoisotopic (exact) mass is 390 g/mol. The van der Waals surface area contributed by atoms with E-state index in [9.17, 15) is 17.6 Å². The van der Waals surface area contributed by atoms with E-state index in [1.807, 2.05) is 24.3 Å². The first-order valence-corrected chi connectivity index (χ1v) is 10.5. The van der Waals surface area contributed by atoms with Gasteiger partial charge in [-0.15, -0.1) is 0 Å². The normalized spacial score (nSPS) is 15.7. The lowest BCUT2D eigenvalue weighted by Crippen LogP contribution is -2.46. The molecule has 1 heterocycles. The Morgan fingerprint density at radius 1 is 1.07 bits per heavy atom. The Kier molecular flexibility index (Phi) is 5.92. The van der Waals surface area contributed by atoms with Gasteiger partial charge in [0.2, 0.25) is 10.0 Å². The van der Waals surface area contributed by atoms with Gasteiger partial charge in [-0.1, -0.05) is 19.1 Å². The van der Waals surface area contributed by atoms with Gasteiger partial charge in [-0.05, 0) is 61.2 Å². The maximum Gasteiger partial charge on any atom is 0.253 e. The highest BCUT2D eigenvalue weighted by atomic mass is 32.2. The quantitative estimate of drug-likeness (QED) is 0.854. The summed E-state index contributed by atoms with van der Waals surface area (Å²) in [5.41, 5.74) is 1.83. The van der Waals surface area contributed by atoms with E-state index in [-0.39, 0.29) is 16.8 Å². The van der Waals surface area contributed by atoms with Crippen molar-refractivity contribution in [2.75, 3.05) is 13.1 Å². The summed E-state index contributed by atoms with van der Waals surface area (Å²) >= 11 is 0. The zero-order valence-corrected chi connectivity index (χ0v) is 16.0. The molecular formula is C20H23FN2O3S. The smallest absolute Gasteiger partial charge is 0.253 e. The fourth-order valence-corrected chi connectivity index (χ4v) is 4.47. The van der Waals surface area contributed by atoms with Gasteiger partial charge in [0.05, 0.1) is 4.90 Å². The van der Waals surface area contributed by atoms with Gasteiger partial charge >= 0.3 is 0 Å². The summed E-state index contributed by atoms with van der Waals surface area (Å²) in [6, 6.07) is 12.1. The molecule has 1 amide bonds. The highest BCUT2D eigenvalue weighted by Gasteiger charge is 2.27. The Morgan fingerprint density at radius 3 is 2.22 bits per heavy atom. The lowest BCUT2D eigenvalue weighted by molar-refractivity contribution is 0.0711. The summed E-state index contributed by atoms with van der Waals surface area (Å²) in [6.07, 6.45) is 2.01. The van der Waals surface area contributed by atoms with Crippen LogP contribution < -0.4 is 4.72 Å². The van der Waals surface area contributed by atoms with Crippen LogP contribution in [0.3, 0.4) is 0 Å². The molecule has 1 N–H and O–H groups in total. The molecule has 0 aromatic heterocycles. The predicted octanol–water partition coefficient (Wildman–Crippen LogP) is 2.97. The molecule has 144 valence electrons. The summed E-state index contributed by atoms with van der Waals surface area (Å²) in [6.45, 7) is 3.05. The van der Waals surface area contributed by atoms with Crippen molar-refractivity contribution in [2.24, 2.45) is 0 Å². The van der Waals surface area contributed by atoms with Gasteiger partial charge < -0.3 is 4.90 Å². The van der Waals surface area contributed by atoms with E-state index in [4.69, 9.17) is 0 Å². The van der Waals surface area contributed by atoms with E-state index < -0.39 is 15.8 Å². The first-order chi connectivity index (χ1) is 12.9. The second-order valence-corrected chi connectivity index (χ2v) is 8.41. The molecule has 0 spiro atoms. The molecule has 0 radical (unpaired) electrons. The minimum Gasteiger partial charge on any atom is -0.339 e. The molecule has 1 aliphatic heterocycles. The molecule has 0 bridgehead atoms. The van der Waals surface area contributed by atoms with Crippen LogP contribution in [0.5, 0.6) is 0 Å². The zero-order chi connectivity index (χ0) is 19.4. The Bertz CT molecular complexity index is 888. The maximum absolute atomic E-state index is 13.0. The van der Waals surface area contributed by atoms with Gasteiger partial charge in [0.15, 0.2) is 0 Å². The number of likely N-dealkylation sites (tertiary alicyclic amines) is 1. The molecule has 3 rings (SSSR count).